The van der Waals surface area contributed by atoms with Crippen molar-refractivity contribution in [3.8, 4) is 11.5 Å². The number of esters is 1. The second-order valence-corrected chi connectivity index (χ2v) is 3.74. The average Bonchev–Trinajstić information content (AvgIpc) is 1.98. The van der Waals surface area contributed by atoms with Gasteiger partial charge in [0.1, 0.15) is 11.5 Å². The van der Waals surface area contributed by atoms with Gasteiger partial charge in [0, 0.05) is 13.0 Å². The molecule has 0 aromatic heterocycles. The van der Waals surface area contributed by atoms with Gasteiger partial charge < -0.3 is 9.47 Å². The Hall–Kier alpha value is -1.51. The summed E-state index contributed by atoms with van der Waals surface area (Å²) in [4.78, 5) is 10.8. The van der Waals surface area contributed by atoms with Crippen LogP contribution in [0.25, 0.3) is 0 Å². The molecule has 0 fully saturated rings. The Kier molecular flexibility index (Phi) is 3.72. The average molecular weight is 208 g/mol. The molecular weight excluding hydrogens is 192 g/mol. The second-order valence-electron chi connectivity index (χ2n) is 3.74. The van der Waals surface area contributed by atoms with E-state index in [0.29, 0.717) is 5.75 Å². The van der Waals surface area contributed by atoms with E-state index in [1.54, 1.807) is 12.1 Å². The molecule has 0 aliphatic rings. The van der Waals surface area contributed by atoms with Gasteiger partial charge in [-0.2, -0.15) is 0 Å². The number of aryl methyl sites for hydroxylation is 1. The lowest BCUT2D eigenvalue weighted by molar-refractivity contribution is -0.131. The molecule has 1 rings (SSSR count). The fourth-order valence-electron chi connectivity index (χ4n) is 1.28. The highest BCUT2D eigenvalue weighted by atomic mass is 16.5. The lowest BCUT2D eigenvalue weighted by Gasteiger charge is -2.11. The standard InChI is InChI=1S/C12H16O3/c1-8(2)14-11-5-9(3)6-12(7-11)15-10(4)13/h5-8H,1-4H3. The maximum absolute atomic E-state index is 10.8. The van der Waals surface area contributed by atoms with Gasteiger partial charge in [0.05, 0.1) is 6.10 Å². The third-order valence-electron chi connectivity index (χ3n) is 1.66. The van der Waals surface area contributed by atoms with E-state index in [1.807, 2.05) is 26.8 Å². The van der Waals surface area contributed by atoms with Gasteiger partial charge in [-0.15, -0.1) is 0 Å². The van der Waals surface area contributed by atoms with Crippen molar-refractivity contribution in [3.05, 3.63) is 23.8 Å². The Balaban J connectivity index is 2.89. The molecule has 0 atom stereocenters. The first-order valence-corrected chi connectivity index (χ1v) is 4.94. The Morgan fingerprint density at radius 2 is 1.80 bits per heavy atom. The normalized spacial score (nSPS) is 10.2. The van der Waals surface area contributed by atoms with E-state index in [2.05, 4.69) is 0 Å². The molecule has 15 heavy (non-hydrogen) atoms. The lowest BCUT2D eigenvalue weighted by atomic mass is 10.2. The maximum Gasteiger partial charge on any atom is 0.308 e. The molecule has 1 aromatic rings. The van der Waals surface area contributed by atoms with E-state index < -0.39 is 0 Å². The van der Waals surface area contributed by atoms with Crippen LogP contribution in [0.1, 0.15) is 26.3 Å². The lowest BCUT2D eigenvalue weighted by Crippen LogP contribution is -2.06. The highest BCUT2D eigenvalue weighted by molar-refractivity contribution is 5.69. The first-order valence-electron chi connectivity index (χ1n) is 4.94. The summed E-state index contributed by atoms with van der Waals surface area (Å²) in [6.45, 7) is 7.22. The fourth-order valence-corrected chi connectivity index (χ4v) is 1.28. The highest BCUT2D eigenvalue weighted by Gasteiger charge is 2.04. The summed E-state index contributed by atoms with van der Waals surface area (Å²) < 4.78 is 10.5. The van der Waals surface area contributed by atoms with Crippen molar-refractivity contribution in [2.45, 2.75) is 33.8 Å². The highest BCUT2D eigenvalue weighted by Crippen LogP contribution is 2.23. The van der Waals surface area contributed by atoms with E-state index in [-0.39, 0.29) is 12.1 Å². The van der Waals surface area contributed by atoms with Gasteiger partial charge in [-0.3, -0.25) is 4.79 Å². The molecule has 0 aliphatic heterocycles. The predicted molar refractivity (Wildman–Crippen MR) is 58.3 cm³/mol. The van der Waals surface area contributed by atoms with Crippen LogP contribution >= 0.6 is 0 Å². The molecule has 0 N–H and O–H groups in total. The van der Waals surface area contributed by atoms with Gasteiger partial charge in [0.15, 0.2) is 0 Å². The third kappa shape index (κ3) is 4.02. The van der Waals surface area contributed by atoms with Crippen molar-refractivity contribution < 1.29 is 14.3 Å². The molecule has 3 heteroatoms. The minimum absolute atomic E-state index is 0.108. The van der Waals surface area contributed by atoms with Gasteiger partial charge in [-0.1, -0.05) is 0 Å². The van der Waals surface area contributed by atoms with Crippen LogP contribution in [0.3, 0.4) is 0 Å². The molecule has 0 bridgehead atoms. The van der Waals surface area contributed by atoms with Crippen molar-refractivity contribution in [1.29, 1.82) is 0 Å². The Morgan fingerprint density at radius 3 is 2.33 bits per heavy atom. The molecule has 0 amide bonds. The maximum atomic E-state index is 10.8. The molecule has 0 saturated carbocycles. The van der Waals surface area contributed by atoms with Crippen LogP contribution in [0.15, 0.2) is 18.2 Å². The number of benzene rings is 1. The molecular formula is C12H16O3. The first kappa shape index (κ1) is 11.6. The van der Waals surface area contributed by atoms with Gasteiger partial charge >= 0.3 is 5.97 Å². The monoisotopic (exact) mass is 208 g/mol. The molecule has 0 saturated heterocycles. The first-order chi connectivity index (χ1) is 6.97. The zero-order chi connectivity index (χ0) is 11.4. The van der Waals surface area contributed by atoms with Crippen LogP contribution in [0.5, 0.6) is 11.5 Å². The number of ether oxygens (including phenoxy) is 2. The SMILES string of the molecule is CC(=O)Oc1cc(C)cc(OC(C)C)c1. The van der Waals surface area contributed by atoms with Crippen molar-refractivity contribution in [2.24, 2.45) is 0 Å². The molecule has 3 nitrogen and oxygen atoms in total. The van der Waals surface area contributed by atoms with Crippen molar-refractivity contribution in [3.63, 3.8) is 0 Å². The molecule has 82 valence electrons. The van der Waals surface area contributed by atoms with Crippen LogP contribution in [0, 0.1) is 6.92 Å². The smallest absolute Gasteiger partial charge is 0.308 e. The van der Waals surface area contributed by atoms with Crippen LogP contribution in [0.4, 0.5) is 0 Å². The molecule has 0 spiro atoms. The quantitative estimate of drug-likeness (QED) is 0.566. The summed E-state index contributed by atoms with van der Waals surface area (Å²) in [6.07, 6.45) is 0.108. The third-order valence-corrected chi connectivity index (χ3v) is 1.66. The van der Waals surface area contributed by atoms with Crippen LogP contribution in [-0.4, -0.2) is 12.1 Å². The van der Waals surface area contributed by atoms with E-state index in [9.17, 15) is 4.79 Å². The summed E-state index contributed by atoms with van der Waals surface area (Å²) in [7, 11) is 0. The van der Waals surface area contributed by atoms with E-state index in [4.69, 9.17) is 9.47 Å². The van der Waals surface area contributed by atoms with Crippen molar-refractivity contribution in [1.82, 2.24) is 0 Å². The molecule has 0 aliphatic carbocycles. The van der Waals surface area contributed by atoms with E-state index in [1.165, 1.54) is 6.92 Å². The Morgan fingerprint density at radius 1 is 1.20 bits per heavy atom. The minimum Gasteiger partial charge on any atom is -0.491 e. The molecule has 1 aromatic carbocycles. The number of hydrogen-bond acceptors (Lipinski definition) is 3. The van der Waals surface area contributed by atoms with Crippen LogP contribution in [0.2, 0.25) is 0 Å². The molecule has 0 radical (unpaired) electrons. The van der Waals surface area contributed by atoms with Crippen molar-refractivity contribution >= 4 is 5.97 Å². The summed E-state index contributed by atoms with van der Waals surface area (Å²) >= 11 is 0. The van der Waals surface area contributed by atoms with E-state index >= 15 is 0 Å². The van der Waals surface area contributed by atoms with E-state index in [0.717, 1.165) is 11.3 Å². The zero-order valence-electron chi connectivity index (χ0n) is 9.53. The Bertz CT molecular complexity index is 356. The second kappa shape index (κ2) is 4.82. The van der Waals surface area contributed by atoms with Crippen LogP contribution < -0.4 is 9.47 Å². The van der Waals surface area contributed by atoms with Gasteiger partial charge in [-0.25, -0.2) is 0 Å². The van der Waals surface area contributed by atoms with Gasteiger partial charge in [0.2, 0.25) is 0 Å². The summed E-state index contributed by atoms with van der Waals surface area (Å²) in [5, 5.41) is 0. The van der Waals surface area contributed by atoms with Gasteiger partial charge in [-0.05, 0) is 38.5 Å². The number of carbonyl (C=O) groups is 1. The largest absolute Gasteiger partial charge is 0.491 e. The molecule has 0 heterocycles. The summed E-state index contributed by atoms with van der Waals surface area (Å²) in [5.41, 5.74) is 1.00. The molecule has 0 unspecified atom stereocenters. The minimum atomic E-state index is -0.323. The Labute approximate surface area is 90.0 Å². The van der Waals surface area contributed by atoms with Crippen LogP contribution in [-0.2, 0) is 4.79 Å². The van der Waals surface area contributed by atoms with Gasteiger partial charge in [0.25, 0.3) is 0 Å². The number of carbonyl (C=O) groups excluding carboxylic acids is 1. The van der Waals surface area contributed by atoms with Crippen molar-refractivity contribution in [2.75, 3.05) is 0 Å². The summed E-state index contributed by atoms with van der Waals surface area (Å²) in [5.74, 6) is 0.926. The number of rotatable bonds is 3. The number of hydrogen-bond donors (Lipinski definition) is 0. The fraction of sp³-hybridized carbons (Fsp3) is 0.417. The topological polar surface area (TPSA) is 35.5 Å². The zero-order valence-corrected chi connectivity index (χ0v) is 9.53. The summed E-state index contributed by atoms with van der Waals surface area (Å²) in [6, 6.07) is 5.43. The predicted octanol–water partition coefficient (Wildman–Crippen LogP) is 2.71.